The number of rotatable bonds is 0. The van der Waals surface area contributed by atoms with Crippen LogP contribution in [-0.4, -0.2) is 31.8 Å². The molecule has 1 aliphatic rings. The van der Waals surface area contributed by atoms with Gasteiger partial charge >= 0.3 is 0 Å². The van der Waals surface area contributed by atoms with E-state index in [0.29, 0.717) is 0 Å². The summed E-state index contributed by atoms with van der Waals surface area (Å²) in [5.41, 5.74) is 0. The van der Waals surface area contributed by atoms with E-state index in [0.717, 1.165) is 13.3 Å². The average molecular weight is 207 g/mol. The third-order valence-electron chi connectivity index (χ3n) is 1.14. The van der Waals surface area contributed by atoms with E-state index in [1.54, 1.807) is 0 Å². The maximum atomic E-state index is 5.11. The molecule has 0 radical (unpaired) electrons. The summed E-state index contributed by atoms with van der Waals surface area (Å²) in [6, 6.07) is 0. The van der Waals surface area contributed by atoms with Crippen molar-refractivity contribution in [3.8, 4) is 0 Å². The molecule has 1 fully saturated rings. The fraction of sp³-hybridized carbons (Fsp3) is 1.00. The van der Waals surface area contributed by atoms with Crippen LogP contribution in [0.3, 0.4) is 0 Å². The van der Waals surface area contributed by atoms with Gasteiger partial charge in [-0.15, -0.1) is 0 Å². The van der Waals surface area contributed by atoms with Gasteiger partial charge < -0.3 is 4.74 Å². The van der Waals surface area contributed by atoms with Crippen LogP contribution in [-0.2, 0) is 4.74 Å². The summed E-state index contributed by atoms with van der Waals surface area (Å²) in [4.78, 5) is 2.17. The molecule has 1 rings (SSSR count). The van der Waals surface area contributed by atoms with Crippen molar-refractivity contribution in [3.63, 3.8) is 0 Å². The second kappa shape index (κ2) is 29.3. The van der Waals surface area contributed by atoms with Gasteiger partial charge in [-0.2, -0.15) is 0 Å². The van der Waals surface area contributed by atoms with Crippen molar-refractivity contribution in [1.29, 1.82) is 0 Å². The minimum atomic E-state index is 0. The van der Waals surface area contributed by atoms with Gasteiger partial charge in [-0.05, 0) is 13.5 Å². The second-order valence-electron chi connectivity index (χ2n) is 1.97. The largest absolute Gasteiger partial charge is 0.366 e. The molecule has 0 aromatic heterocycles. The van der Waals surface area contributed by atoms with Crippen LogP contribution in [0.15, 0.2) is 0 Å². The lowest BCUT2D eigenvalue weighted by Crippen LogP contribution is -2.28. The predicted octanol–water partition coefficient (Wildman–Crippen LogP) is 4.01. The second-order valence-corrected chi connectivity index (χ2v) is 1.97. The highest BCUT2D eigenvalue weighted by Crippen LogP contribution is 1.95. The maximum Gasteiger partial charge on any atom is 0.0987 e. The van der Waals surface area contributed by atoms with E-state index in [9.17, 15) is 0 Å². The van der Waals surface area contributed by atoms with Crippen LogP contribution in [0.2, 0.25) is 0 Å². The number of nitrogens with zero attached hydrogens (tertiary/aromatic N) is 1. The van der Waals surface area contributed by atoms with Crippen molar-refractivity contribution in [2.75, 3.05) is 26.9 Å². The summed E-state index contributed by atoms with van der Waals surface area (Å²) in [6.07, 6.45) is 1.19. The van der Waals surface area contributed by atoms with Crippen LogP contribution in [0.25, 0.3) is 0 Å². The van der Waals surface area contributed by atoms with Gasteiger partial charge in [-0.25, -0.2) is 0 Å². The molecule has 0 N–H and O–H groups in total. The molecule has 92 valence electrons. The predicted molar refractivity (Wildman–Crippen MR) is 68.8 cm³/mol. The summed E-state index contributed by atoms with van der Waals surface area (Å²) in [5, 5.41) is 0. The highest BCUT2D eigenvalue weighted by Gasteiger charge is 2.02. The van der Waals surface area contributed by atoms with Crippen LogP contribution < -0.4 is 0 Å². The fourth-order valence-electron chi connectivity index (χ4n) is 0.721. The van der Waals surface area contributed by atoms with Crippen molar-refractivity contribution in [1.82, 2.24) is 4.90 Å². The molecule has 0 atom stereocenters. The first-order valence-electron chi connectivity index (χ1n) is 5.66. The van der Waals surface area contributed by atoms with Gasteiger partial charge in [0.2, 0.25) is 0 Å². The summed E-state index contributed by atoms with van der Waals surface area (Å²) < 4.78 is 5.11. The SMILES string of the molecule is C.CC.CC.CC.CN1CCCOC1. The zero-order valence-electron chi connectivity index (χ0n) is 10.7. The molecular formula is C12H33NO. The third-order valence-corrected chi connectivity index (χ3v) is 1.14. The normalized spacial score (nSPS) is 13.9. The molecule has 0 spiro atoms. The van der Waals surface area contributed by atoms with E-state index in [1.165, 1.54) is 13.0 Å². The van der Waals surface area contributed by atoms with E-state index < -0.39 is 0 Å². The zero-order valence-corrected chi connectivity index (χ0v) is 10.7. The van der Waals surface area contributed by atoms with E-state index >= 15 is 0 Å². The minimum Gasteiger partial charge on any atom is -0.366 e. The Kier molecular flexibility index (Phi) is 49.4. The van der Waals surface area contributed by atoms with Gasteiger partial charge in [-0.3, -0.25) is 4.90 Å². The molecule has 1 heterocycles. The highest BCUT2D eigenvalue weighted by atomic mass is 16.5. The van der Waals surface area contributed by atoms with Gasteiger partial charge in [0.05, 0.1) is 6.73 Å². The summed E-state index contributed by atoms with van der Waals surface area (Å²) in [6.45, 7) is 15.0. The van der Waals surface area contributed by atoms with Gasteiger partial charge in [0.1, 0.15) is 0 Å². The smallest absolute Gasteiger partial charge is 0.0987 e. The van der Waals surface area contributed by atoms with Crippen LogP contribution in [0, 0.1) is 0 Å². The van der Waals surface area contributed by atoms with Gasteiger partial charge in [0.25, 0.3) is 0 Å². The summed E-state index contributed by atoms with van der Waals surface area (Å²) in [7, 11) is 2.07. The fourth-order valence-corrected chi connectivity index (χ4v) is 0.721. The lowest BCUT2D eigenvalue weighted by atomic mass is 10.4. The molecule has 0 saturated carbocycles. The molecule has 0 aliphatic carbocycles. The molecule has 0 aromatic rings. The summed E-state index contributed by atoms with van der Waals surface area (Å²) in [5.74, 6) is 0. The Labute approximate surface area is 92.6 Å². The van der Waals surface area contributed by atoms with Gasteiger partial charge in [0, 0.05) is 13.2 Å². The van der Waals surface area contributed by atoms with Gasteiger partial charge in [0.15, 0.2) is 0 Å². The molecule has 1 aliphatic heterocycles. The molecule has 2 heteroatoms. The van der Waals surface area contributed by atoms with E-state index in [2.05, 4.69) is 11.9 Å². The Bertz CT molecular complexity index is 52.3. The lowest BCUT2D eigenvalue weighted by Gasteiger charge is -2.21. The first-order valence-corrected chi connectivity index (χ1v) is 5.66. The Morgan fingerprint density at radius 3 is 1.50 bits per heavy atom. The van der Waals surface area contributed by atoms with E-state index in [4.69, 9.17) is 4.74 Å². The van der Waals surface area contributed by atoms with Crippen LogP contribution in [0.1, 0.15) is 55.4 Å². The van der Waals surface area contributed by atoms with Crippen LogP contribution in [0.5, 0.6) is 0 Å². The number of hydrogen-bond acceptors (Lipinski definition) is 2. The molecule has 14 heavy (non-hydrogen) atoms. The number of hydrogen-bond donors (Lipinski definition) is 0. The highest BCUT2D eigenvalue weighted by molar-refractivity contribution is 4.49. The molecular weight excluding hydrogens is 174 g/mol. The van der Waals surface area contributed by atoms with Crippen molar-refractivity contribution in [3.05, 3.63) is 0 Å². The summed E-state index contributed by atoms with van der Waals surface area (Å²) >= 11 is 0. The molecule has 0 bridgehead atoms. The third kappa shape index (κ3) is 22.7. The molecule has 0 aromatic carbocycles. The Morgan fingerprint density at radius 2 is 1.36 bits per heavy atom. The first kappa shape index (κ1) is 23.6. The monoisotopic (exact) mass is 207 g/mol. The zero-order chi connectivity index (χ0) is 11.1. The topological polar surface area (TPSA) is 12.5 Å². The van der Waals surface area contributed by atoms with E-state index in [-0.39, 0.29) is 7.43 Å². The Balaban J connectivity index is -0.0000000625. The van der Waals surface area contributed by atoms with Crippen LogP contribution in [0.4, 0.5) is 0 Å². The van der Waals surface area contributed by atoms with Crippen molar-refractivity contribution < 1.29 is 4.74 Å². The van der Waals surface area contributed by atoms with Crippen molar-refractivity contribution in [2.24, 2.45) is 0 Å². The first-order chi connectivity index (χ1) is 6.39. The molecule has 1 saturated heterocycles. The Morgan fingerprint density at radius 1 is 0.929 bits per heavy atom. The Hall–Kier alpha value is -0.0800. The standard InChI is InChI=1S/C5H11NO.3C2H6.CH4/c1-6-3-2-4-7-5-6;3*1-2;/h2-5H2,1H3;3*1-2H3;1H4. The minimum absolute atomic E-state index is 0. The molecule has 2 nitrogen and oxygen atoms in total. The number of ether oxygens (including phenoxy) is 1. The van der Waals surface area contributed by atoms with E-state index in [1.807, 2.05) is 41.5 Å². The molecule has 0 unspecified atom stereocenters. The molecule has 0 amide bonds. The van der Waals surface area contributed by atoms with Crippen molar-refractivity contribution in [2.45, 2.75) is 55.4 Å². The van der Waals surface area contributed by atoms with Crippen molar-refractivity contribution >= 4 is 0 Å². The van der Waals surface area contributed by atoms with Crippen LogP contribution >= 0.6 is 0 Å². The maximum absolute atomic E-state index is 5.11. The van der Waals surface area contributed by atoms with Gasteiger partial charge in [-0.1, -0.05) is 49.0 Å². The lowest BCUT2D eigenvalue weighted by molar-refractivity contribution is 0.00119. The average Bonchev–Trinajstić information content (AvgIpc) is 2.28. The quantitative estimate of drug-likeness (QED) is 0.595.